The summed E-state index contributed by atoms with van der Waals surface area (Å²) in [4.78, 5) is 54.6. The van der Waals surface area contributed by atoms with Crippen LogP contribution in [-0.2, 0) is 19.1 Å². The molecule has 1 heterocycles. The van der Waals surface area contributed by atoms with Crippen molar-refractivity contribution in [3.63, 3.8) is 0 Å². The van der Waals surface area contributed by atoms with E-state index in [9.17, 15) is 24.3 Å². The fraction of sp³-hybridized carbons (Fsp3) is 0.550. The van der Waals surface area contributed by atoms with Gasteiger partial charge in [-0.25, -0.2) is 19.2 Å². The molecule has 0 aromatic carbocycles. The molecule has 1 aromatic heterocycles. The zero-order valence-electron chi connectivity index (χ0n) is 18.3. The van der Waals surface area contributed by atoms with E-state index in [0.717, 1.165) is 0 Å². The minimum atomic E-state index is -1.56. The van der Waals surface area contributed by atoms with E-state index < -0.39 is 53.2 Å². The van der Waals surface area contributed by atoms with Gasteiger partial charge in [0.25, 0.3) is 0 Å². The van der Waals surface area contributed by atoms with Gasteiger partial charge in [-0.05, 0) is 34.6 Å². The first-order valence-electron chi connectivity index (χ1n) is 9.56. The third-order valence-corrected chi connectivity index (χ3v) is 4.28. The number of H-pyrrole nitrogens is 2. The van der Waals surface area contributed by atoms with Gasteiger partial charge in [0, 0.05) is 24.0 Å². The molecule has 0 fully saturated rings. The lowest BCUT2D eigenvalue weighted by atomic mass is 9.85. The maximum atomic E-state index is 11.9. The minimum Gasteiger partial charge on any atom is -0.459 e. The summed E-state index contributed by atoms with van der Waals surface area (Å²) in [6.45, 7) is 14.5. The Morgan fingerprint density at radius 2 is 1.45 bits per heavy atom. The van der Waals surface area contributed by atoms with Crippen molar-refractivity contribution in [1.82, 2.24) is 15.0 Å². The van der Waals surface area contributed by atoms with E-state index in [2.05, 4.69) is 23.1 Å². The highest BCUT2D eigenvalue weighted by atomic mass is 16.6. The van der Waals surface area contributed by atoms with E-state index in [-0.39, 0.29) is 24.0 Å². The van der Waals surface area contributed by atoms with E-state index in [1.807, 2.05) is 4.98 Å². The molecule has 3 atom stereocenters. The minimum absolute atomic E-state index is 0.0881. The van der Waals surface area contributed by atoms with Crippen molar-refractivity contribution in [3.05, 3.63) is 45.3 Å². The Kier molecular flexibility index (Phi) is 8.92. The van der Waals surface area contributed by atoms with Crippen LogP contribution in [0.4, 0.5) is 0 Å². The summed E-state index contributed by atoms with van der Waals surface area (Å²) in [5.74, 6) is -1.28. The molecule has 0 spiro atoms. The standard InChI is InChI=1S/C20H29N3O8/c1-10(2)15(25)29-12(5)8-20(14(7)24,9-13(6)30-16(26)11(3)4)31-19-22-17(27)21-18(28)23-19/h12-14,24H,1,3,8-9H2,2,4-7H3,(H2,21,22,23,27,28). The summed E-state index contributed by atoms with van der Waals surface area (Å²) in [6.07, 6.45) is -2.97. The maximum Gasteiger partial charge on any atom is 0.353 e. The van der Waals surface area contributed by atoms with Gasteiger partial charge in [0.2, 0.25) is 0 Å². The van der Waals surface area contributed by atoms with Crippen LogP contribution in [0.5, 0.6) is 6.01 Å². The molecule has 0 saturated carbocycles. The lowest BCUT2D eigenvalue weighted by Gasteiger charge is -2.39. The van der Waals surface area contributed by atoms with E-state index in [0.29, 0.717) is 0 Å². The molecule has 31 heavy (non-hydrogen) atoms. The second-order valence-electron chi connectivity index (χ2n) is 7.54. The number of aliphatic hydroxyl groups excluding tert-OH is 1. The van der Waals surface area contributed by atoms with Crippen molar-refractivity contribution in [1.29, 1.82) is 0 Å². The van der Waals surface area contributed by atoms with Gasteiger partial charge in [-0.15, -0.1) is 4.98 Å². The molecule has 3 unspecified atom stereocenters. The predicted molar refractivity (Wildman–Crippen MR) is 110 cm³/mol. The lowest BCUT2D eigenvalue weighted by Crippen LogP contribution is -2.52. The highest BCUT2D eigenvalue weighted by Crippen LogP contribution is 2.31. The molecule has 0 saturated heterocycles. The first-order chi connectivity index (χ1) is 14.3. The molecule has 172 valence electrons. The number of aliphatic hydroxyl groups is 1. The normalized spacial score (nSPS) is 15.7. The Morgan fingerprint density at radius 1 is 1.00 bits per heavy atom. The summed E-state index contributed by atoms with van der Waals surface area (Å²) in [5.41, 5.74) is -3.02. The van der Waals surface area contributed by atoms with Crippen LogP contribution < -0.4 is 16.1 Å². The summed E-state index contributed by atoms with van der Waals surface area (Å²) >= 11 is 0. The van der Waals surface area contributed by atoms with Crippen LogP contribution in [-0.4, -0.2) is 55.9 Å². The van der Waals surface area contributed by atoms with Crippen molar-refractivity contribution < 1.29 is 28.9 Å². The second kappa shape index (κ2) is 10.7. The van der Waals surface area contributed by atoms with Crippen LogP contribution in [0.2, 0.25) is 0 Å². The Labute approximate surface area is 179 Å². The fourth-order valence-electron chi connectivity index (χ4n) is 2.83. The quantitative estimate of drug-likeness (QED) is 0.334. The number of carbonyl (C=O) groups is 2. The van der Waals surface area contributed by atoms with Gasteiger partial charge < -0.3 is 19.3 Å². The average molecular weight is 439 g/mol. The molecular formula is C20H29N3O8. The fourth-order valence-corrected chi connectivity index (χ4v) is 2.83. The first-order valence-corrected chi connectivity index (χ1v) is 9.56. The molecule has 11 heteroatoms. The Bertz CT molecular complexity index is 882. The number of hydrogen-bond acceptors (Lipinski definition) is 9. The van der Waals surface area contributed by atoms with Crippen molar-refractivity contribution in [2.45, 2.75) is 71.4 Å². The van der Waals surface area contributed by atoms with Crippen molar-refractivity contribution >= 4 is 11.9 Å². The largest absolute Gasteiger partial charge is 0.459 e. The van der Waals surface area contributed by atoms with Gasteiger partial charge in [-0.1, -0.05) is 13.2 Å². The number of aromatic nitrogens is 3. The predicted octanol–water partition coefficient (Wildman–Crippen LogP) is 0.752. The monoisotopic (exact) mass is 439 g/mol. The van der Waals surface area contributed by atoms with E-state index in [4.69, 9.17) is 14.2 Å². The van der Waals surface area contributed by atoms with E-state index in [1.54, 1.807) is 13.8 Å². The maximum absolute atomic E-state index is 11.9. The molecule has 1 rings (SSSR count). The lowest BCUT2D eigenvalue weighted by molar-refractivity contribution is -0.155. The number of esters is 2. The third kappa shape index (κ3) is 7.85. The van der Waals surface area contributed by atoms with Crippen LogP contribution in [0.1, 0.15) is 47.5 Å². The number of carbonyl (C=O) groups excluding carboxylic acids is 2. The molecule has 11 nitrogen and oxygen atoms in total. The topological polar surface area (TPSA) is 161 Å². The number of nitrogens with zero attached hydrogens (tertiary/aromatic N) is 1. The number of nitrogens with one attached hydrogen (secondary N) is 2. The summed E-state index contributed by atoms with van der Waals surface area (Å²) in [7, 11) is 0. The Balaban J connectivity index is 3.30. The summed E-state index contributed by atoms with van der Waals surface area (Å²) in [6, 6.07) is -0.452. The summed E-state index contributed by atoms with van der Waals surface area (Å²) in [5, 5.41) is 10.6. The molecule has 0 aliphatic rings. The molecular weight excluding hydrogens is 410 g/mol. The summed E-state index contributed by atoms with van der Waals surface area (Å²) < 4.78 is 16.4. The highest BCUT2D eigenvalue weighted by Gasteiger charge is 2.43. The van der Waals surface area contributed by atoms with Gasteiger partial charge >= 0.3 is 29.3 Å². The molecule has 0 radical (unpaired) electrons. The Hall–Kier alpha value is -3.21. The van der Waals surface area contributed by atoms with Crippen LogP contribution in [0.3, 0.4) is 0 Å². The number of ether oxygens (including phenoxy) is 3. The smallest absolute Gasteiger partial charge is 0.353 e. The number of aromatic amines is 2. The first kappa shape index (κ1) is 25.8. The zero-order chi connectivity index (χ0) is 23.9. The molecule has 3 N–H and O–H groups in total. The molecule has 0 aliphatic heterocycles. The Morgan fingerprint density at radius 3 is 1.81 bits per heavy atom. The molecule has 1 aromatic rings. The van der Waals surface area contributed by atoms with Gasteiger partial charge in [-0.3, -0.25) is 9.97 Å². The van der Waals surface area contributed by atoms with Gasteiger partial charge in [-0.2, -0.15) is 0 Å². The van der Waals surface area contributed by atoms with Gasteiger partial charge in [0.05, 0.1) is 6.10 Å². The van der Waals surface area contributed by atoms with Crippen LogP contribution in [0.15, 0.2) is 33.9 Å². The number of hydrogen-bond donors (Lipinski definition) is 3. The van der Waals surface area contributed by atoms with E-state index >= 15 is 0 Å². The van der Waals surface area contributed by atoms with Crippen molar-refractivity contribution in [3.8, 4) is 6.01 Å². The molecule has 0 bridgehead atoms. The van der Waals surface area contributed by atoms with Crippen LogP contribution in [0, 0.1) is 0 Å². The van der Waals surface area contributed by atoms with E-state index in [1.165, 1.54) is 20.8 Å². The average Bonchev–Trinajstić information content (AvgIpc) is 2.59. The third-order valence-electron chi connectivity index (χ3n) is 4.28. The van der Waals surface area contributed by atoms with Crippen molar-refractivity contribution in [2.24, 2.45) is 0 Å². The zero-order valence-corrected chi connectivity index (χ0v) is 18.3. The van der Waals surface area contributed by atoms with Gasteiger partial charge in [0.15, 0.2) is 0 Å². The van der Waals surface area contributed by atoms with Crippen LogP contribution >= 0.6 is 0 Å². The highest BCUT2D eigenvalue weighted by molar-refractivity contribution is 5.87. The second-order valence-corrected chi connectivity index (χ2v) is 7.54. The number of rotatable bonds is 11. The van der Waals surface area contributed by atoms with Crippen molar-refractivity contribution in [2.75, 3.05) is 0 Å². The molecule has 0 amide bonds. The van der Waals surface area contributed by atoms with Crippen LogP contribution in [0.25, 0.3) is 0 Å². The molecule has 0 aliphatic carbocycles. The van der Waals surface area contributed by atoms with Gasteiger partial charge in [0.1, 0.15) is 17.8 Å². The SMILES string of the molecule is C=C(C)C(=O)OC(C)CC(CC(C)OC(=O)C(=C)C)(Oc1nc(=O)[nH]c(=O)[nH]1)C(C)O.